The molecule has 0 bridgehead atoms. The predicted molar refractivity (Wildman–Crippen MR) is 105 cm³/mol. The molecule has 1 aliphatic carbocycles. The van der Waals surface area contributed by atoms with E-state index < -0.39 is 31.3 Å². The van der Waals surface area contributed by atoms with Crippen LogP contribution in [0.1, 0.15) is 46.0 Å². The Bertz CT molecular complexity index is 511. The van der Waals surface area contributed by atoms with Gasteiger partial charge < -0.3 is 31.8 Å². The first-order valence-corrected chi connectivity index (χ1v) is 11.4. The molecule has 10 heteroatoms. The van der Waals surface area contributed by atoms with E-state index in [1.807, 2.05) is 0 Å². The van der Waals surface area contributed by atoms with Gasteiger partial charge in [-0.25, -0.2) is 0 Å². The van der Waals surface area contributed by atoms with Gasteiger partial charge in [0.15, 0.2) is 0 Å². The predicted octanol–water partition coefficient (Wildman–Crippen LogP) is -0.411. The SMILES string of the molecule is CC(C)C(N)C(=O)NCC(=O)NCC(O)CP(=O)(O)CC1CCCCC1.O. The number of aliphatic hydroxyl groups excluding tert-OH is 1. The van der Waals surface area contributed by atoms with Crippen LogP contribution in [0, 0.1) is 11.8 Å². The van der Waals surface area contributed by atoms with Crippen molar-refractivity contribution in [1.82, 2.24) is 10.6 Å². The minimum absolute atomic E-state index is 0. The van der Waals surface area contributed by atoms with Crippen LogP contribution in [0.5, 0.6) is 0 Å². The lowest BCUT2D eigenvalue weighted by Gasteiger charge is -2.25. The molecular formula is C17H36N3O6P. The van der Waals surface area contributed by atoms with Gasteiger partial charge in [0.1, 0.15) is 0 Å². The molecule has 1 rings (SSSR count). The van der Waals surface area contributed by atoms with Gasteiger partial charge in [-0.05, 0) is 24.7 Å². The van der Waals surface area contributed by atoms with Crippen molar-refractivity contribution in [2.24, 2.45) is 17.6 Å². The van der Waals surface area contributed by atoms with Crippen LogP contribution in [0.4, 0.5) is 0 Å². The van der Waals surface area contributed by atoms with Crippen molar-refractivity contribution < 1.29 is 29.6 Å². The molecule has 9 nitrogen and oxygen atoms in total. The van der Waals surface area contributed by atoms with Crippen LogP contribution in [0.2, 0.25) is 0 Å². The molecule has 1 fully saturated rings. The van der Waals surface area contributed by atoms with Crippen LogP contribution in [0.15, 0.2) is 0 Å². The minimum Gasteiger partial charge on any atom is -0.412 e. The van der Waals surface area contributed by atoms with Crippen LogP contribution in [-0.2, 0) is 14.2 Å². The van der Waals surface area contributed by atoms with Crippen LogP contribution in [0.25, 0.3) is 0 Å². The molecule has 3 unspecified atom stereocenters. The summed E-state index contributed by atoms with van der Waals surface area (Å²) in [5, 5.41) is 14.8. The molecule has 1 aliphatic rings. The summed E-state index contributed by atoms with van der Waals surface area (Å²) in [6, 6.07) is -0.687. The summed E-state index contributed by atoms with van der Waals surface area (Å²) in [6.07, 6.45) is 4.22. The Kier molecular flexibility index (Phi) is 12.0. The van der Waals surface area contributed by atoms with Crippen molar-refractivity contribution in [3.63, 3.8) is 0 Å². The molecule has 8 N–H and O–H groups in total. The lowest BCUT2D eigenvalue weighted by molar-refractivity contribution is -0.127. The Morgan fingerprint density at radius 2 is 1.78 bits per heavy atom. The number of carbonyl (C=O) groups is 2. The number of nitrogens with one attached hydrogen (secondary N) is 2. The maximum atomic E-state index is 12.3. The van der Waals surface area contributed by atoms with Crippen molar-refractivity contribution in [3.05, 3.63) is 0 Å². The maximum absolute atomic E-state index is 12.3. The number of hydrogen-bond donors (Lipinski definition) is 5. The van der Waals surface area contributed by atoms with Crippen LogP contribution >= 0.6 is 7.37 Å². The molecule has 0 aliphatic heterocycles. The van der Waals surface area contributed by atoms with Crippen molar-refractivity contribution in [3.8, 4) is 0 Å². The second-order valence-electron chi connectivity index (χ2n) is 7.66. The summed E-state index contributed by atoms with van der Waals surface area (Å²) in [7, 11) is -3.42. The van der Waals surface area contributed by atoms with Gasteiger partial charge in [-0.1, -0.05) is 33.1 Å². The quantitative estimate of drug-likeness (QED) is 0.307. The molecular weight excluding hydrogens is 373 g/mol. The van der Waals surface area contributed by atoms with Gasteiger partial charge in [-0.3, -0.25) is 14.2 Å². The Morgan fingerprint density at radius 1 is 1.19 bits per heavy atom. The molecule has 27 heavy (non-hydrogen) atoms. The Morgan fingerprint density at radius 3 is 2.33 bits per heavy atom. The zero-order valence-corrected chi connectivity index (χ0v) is 17.2. The lowest BCUT2D eigenvalue weighted by Crippen LogP contribution is -2.48. The maximum Gasteiger partial charge on any atom is 0.239 e. The average Bonchev–Trinajstić information content (AvgIpc) is 2.57. The first-order chi connectivity index (χ1) is 12.1. The third-order valence-electron chi connectivity index (χ3n) is 4.74. The van der Waals surface area contributed by atoms with Gasteiger partial charge in [0.25, 0.3) is 0 Å². The van der Waals surface area contributed by atoms with Gasteiger partial charge in [-0.2, -0.15) is 0 Å². The zero-order chi connectivity index (χ0) is 19.7. The normalized spacial score (nSPS) is 19.5. The summed E-state index contributed by atoms with van der Waals surface area (Å²) in [6.45, 7) is 3.24. The molecule has 0 spiro atoms. The fourth-order valence-corrected chi connectivity index (χ4v) is 5.23. The van der Waals surface area contributed by atoms with Crippen LogP contribution in [-0.4, -0.2) is 64.8 Å². The van der Waals surface area contributed by atoms with E-state index in [2.05, 4.69) is 10.6 Å². The Hall–Kier alpha value is -0.990. The second kappa shape index (κ2) is 12.5. The molecule has 2 amide bonds. The molecule has 0 aromatic carbocycles. The fraction of sp³-hybridized carbons (Fsp3) is 0.882. The smallest absolute Gasteiger partial charge is 0.239 e. The van der Waals surface area contributed by atoms with Crippen molar-refractivity contribution in [1.29, 1.82) is 0 Å². The third kappa shape index (κ3) is 10.8. The Labute approximate surface area is 161 Å². The lowest BCUT2D eigenvalue weighted by atomic mass is 9.91. The van der Waals surface area contributed by atoms with E-state index in [-0.39, 0.29) is 42.7 Å². The molecule has 0 heterocycles. The van der Waals surface area contributed by atoms with Crippen LogP contribution < -0.4 is 16.4 Å². The number of nitrogens with two attached hydrogens (primary N) is 1. The van der Waals surface area contributed by atoms with E-state index in [0.717, 1.165) is 25.7 Å². The number of carbonyl (C=O) groups excluding carboxylic acids is 2. The third-order valence-corrected chi connectivity index (χ3v) is 6.82. The Balaban J connectivity index is 0.00000676. The van der Waals surface area contributed by atoms with E-state index in [4.69, 9.17) is 5.73 Å². The van der Waals surface area contributed by atoms with Crippen LogP contribution in [0.3, 0.4) is 0 Å². The first kappa shape index (κ1) is 26.0. The fourth-order valence-electron chi connectivity index (χ4n) is 3.12. The van der Waals surface area contributed by atoms with Gasteiger partial charge in [0.05, 0.1) is 24.9 Å². The monoisotopic (exact) mass is 409 g/mol. The van der Waals surface area contributed by atoms with E-state index in [9.17, 15) is 24.2 Å². The standard InChI is InChI=1S/C17H34N3O5P.H2O/c1-12(2)16(18)17(23)20-9-15(22)19-8-14(21)11-26(24,25)10-13-6-4-3-5-7-13;/h12-14,16,21H,3-11,18H2,1-2H3,(H,19,22)(H,20,23)(H,24,25);1H2. The molecule has 0 saturated heterocycles. The van der Waals surface area contributed by atoms with Gasteiger partial charge in [0, 0.05) is 12.7 Å². The largest absolute Gasteiger partial charge is 0.412 e. The molecule has 1 saturated carbocycles. The molecule has 3 atom stereocenters. The topological polar surface area (TPSA) is 173 Å². The number of amides is 2. The zero-order valence-electron chi connectivity index (χ0n) is 16.3. The van der Waals surface area contributed by atoms with E-state index in [0.29, 0.717) is 0 Å². The highest BCUT2D eigenvalue weighted by Crippen LogP contribution is 2.45. The van der Waals surface area contributed by atoms with Gasteiger partial charge in [0.2, 0.25) is 19.2 Å². The number of aliphatic hydroxyl groups is 1. The van der Waals surface area contributed by atoms with Crippen molar-refractivity contribution >= 4 is 19.2 Å². The van der Waals surface area contributed by atoms with E-state index in [1.54, 1.807) is 13.8 Å². The molecule has 160 valence electrons. The van der Waals surface area contributed by atoms with E-state index >= 15 is 0 Å². The van der Waals surface area contributed by atoms with E-state index in [1.165, 1.54) is 6.42 Å². The average molecular weight is 409 g/mol. The molecule has 0 aromatic rings. The number of rotatable bonds is 10. The summed E-state index contributed by atoms with van der Waals surface area (Å²) in [4.78, 5) is 33.5. The second-order valence-corrected chi connectivity index (χ2v) is 10.1. The van der Waals surface area contributed by atoms with Crippen molar-refractivity contribution in [2.45, 2.75) is 58.1 Å². The summed E-state index contributed by atoms with van der Waals surface area (Å²) >= 11 is 0. The highest BCUT2D eigenvalue weighted by atomic mass is 31.2. The molecule has 0 radical (unpaired) electrons. The number of hydrogen-bond acceptors (Lipinski definition) is 5. The highest BCUT2D eigenvalue weighted by Gasteiger charge is 2.28. The summed E-state index contributed by atoms with van der Waals surface area (Å²) in [5.41, 5.74) is 5.67. The summed E-state index contributed by atoms with van der Waals surface area (Å²) in [5.74, 6) is -0.680. The van der Waals surface area contributed by atoms with Gasteiger partial charge >= 0.3 is 0 Å². The first-order valence-electron chi connectivity index (χ1n) is 9.39. The summed E-state index contributed by atoms with van der Waals surface area (Å²) < 4.78 is 12.3. The molecule has 0 aromatic heterocycles. The van der Waals surface area contributed by atoms with Gasteiger partial charge in [-0.15, -0.1) is 0 Å². The van der Waals surface area contributed by atoms with Crippen molar-refractivity contribution in [2.75, 3.05) is 25.4 Å². The minimum atomic E-state index is -3.42. The highest BCUT2D eigenvalue weighted by molar-refractivity contribution is 7.58.